The lowest BCUT2D eigenvalue weighted by atomic mass is 9.84. The lowest BCUT2D eigenvalue weighted by molar-refractivity contribution is -0.132. The van der Waals surface area contributed by atoms with Crippen molar-refractivity contribution in [1.29, 1.82) is 0 Å². The molecular weight excluding hydrogens is 497 g/mol. The number of carbonyl (C=O) groups excluding carboxylic acids is 2. The third kappa shape index (κ3) is 4.67. The van der Waals surface area contributed by atoms with Gasteiger partial charge >= 0.3 is 0 Å². The summed E-state index contributed by atoms with van der Waals surface area (Å²) < 4.78 is 25.8. The molecule has 1 saturated heterocycles. The minimum atomic E-state index is -1.23. The highest BCUT2D eigenvalue weighted by atomic mass is 35.5. The Bertz CT molecular complexity index is 1430. The molecule has 192 valence electrons. The molecule has 1 heterocycles. The number of benzene rings is 3. The number of ketones is 1. The van der Waals surface area contributed by atoms with Crippen molar-refractivity contribution in [3.05, 3.63) is 93.8 Å². The Morgan fingerprint density at radius 2 is 1.62 bits per heavy atom. The molecule has 0 aliphatic carbocycles. The number of methoxy groups -OCH3 is 2. The maximum absolute atomic E-state index is 15.1. The second-order valence-electron chi connectivity index (χ2n) is 9.67. The van der Waals surface area contributed by atoms with E-state index in [1.807, 2.05) is 20.8 Å². The molecule has 4 rings (SSSR count). The number of hydrogen-bond acceptors (Lipinski definition) is 5. The van der Waals surface area contributed by atoms with Crippen LogP contribution in [0.2, 0.25) is 5.02 Å². The topological polar surface area (TPSA) is 76.1 Å². The van der Waals surface area contributed by atoms with Crippen molar-refractivity contribution < 1.29 is 28.6 Å². The highest BCUT2D eigenvalue weighted by molar-refractivity contribution is 6.51. The Morgan fingerprint density at radius 3 is 2.22 bits per heavy atom. The second-order valence-corrected chi connectivity index (χ2v) is 10.1. The van der Waals surface area contributed by atoms with Gasteiger partial charge in [0.2, 0.25) is 0 Å². The van der Waals surface area contributed by atoms with Crippen molar-refractivity contribution >= 4 is 34.7 Å². The Morgan fingerprint density at radius 1 is 0.973 bits per heavy atom. The van der Waals surface area contributed by atoms with E-state index in [1.165, 1.54) is 31.4 Å². The molecule has 0 saturated carbocycles. The minimum Gasteiger partial charge on any atom is -0.507 e. The van der Waals surface area contributed by atoms with E-state index < -0.39 is 29.3 Å². The lowest BCUT2D eigenvalue weighted by Crippen LogP contribution is -2.29. The zero-order valence-corrected chi connectivity index (χ0v) is 21.9. The molecule has 1 atom stereocenters. The number of aliphatic hydroxyl groups is 1. The van der Waals surface area contributed by atoms with Crippen molar-refractivity contribution in [2.75, 3.05) is 19.1 Å². The van der Waals surface area contributed by atoms with E-state index in [-0.39, 0.29) is 27.3 Å². The Balaban J connectivity index is 1.98. The summed E-state index contributed by atoms with van der Waals surface area (Å²) in [7, 11) is 3.00. The Hall–Kier alpha value is -3.84. The van der Waals surface area contributed by atoms with E-state index >= 15 is 4.39 Å². The zero-order valence-electron chi connectivity index (χ0n) is 21.1. The van der Waals surface area contributed by atoms with Gasteiger partial charge in [-0.25, -0.2) is 4.39 Å². The Kier molecular flexibility index (Phi) is 7.02. The summed E-state index contributed by atoms with van der Waals surface area (Å²) in [6.45, 7) is 5.96. The molecule has 1 N–H and O–H groups in total. The fraction of sp³-hybridized carbons (Fsp3) is 0.241. The normalized spacial score (nSPS) is 17.3. The molecule has 0 bridgehead atoms. The first-order valence-corrected chi connectivity index (χ1v) is 11.9. The first kappa shape index (κ1) is 26.2. The van der Waals surface area contributed by atoms with Gasteiger partial charge in [0, 0.05) is 22.4 Å². The van der Waals surface area contributed by atoms with Gasteiger partial charge in [0.1, 0.15) is 23.1 Å². The van der Waals surface area contributed by atoms with E-state index in [0.29, 0.717) is 17.1 Å². The highest BCUT2D eigenvalue weighted by Gasteiger charge is 2.48. The third-order valence-electron chi connectivity index (χ3n) is 6.34. The van der Waals surface area contributed by atoms with E-state index in [0.717, 1.165) is 10.5 Å². The van der Waals surface area contributed by atoms with Crippen LogP contribution in [0.4, 0.5) is 10.1 Å². The average molecular weight is 524 g/mol. The smallest absolute Gasteiger partial charge is 0.300 e. The van der Waals surface area contributed by atoms with Gasteiger partial charge in [0.25, 0.3) is 11.7 Å². The van der Waals surface area contributed by atoms with Crippen molar-refractivity contribution in [2.24, 2.45) is 0 Å². The van der Waals surface area contributed by atoms with Crippen LogP contribution in [-0.4, -0.2) is 31.0 Å². The number of carbonyl (C=O) groups is 2. The van der Waals surface area contributed by atoms with Crippen molar-refractivity contribution in [2.45, 2.75) is 32.2 Å². The summed E-state index contributed by atoms with van der Waals surface area (Å²) in [6.07, 6.45) is 0. The fourth-order valence-corrected chi connectivity index (χ4v) is 4.74. The summed E-state index contributed by atoms with van der Waals surface area (Å²) in [5.41, 5.74) is 0.825. The molecule has 0 aromatic heterocycles. The van der Waals surface area contributed by atoms with Crippen LogP contribution < -0.4 is 14.4 Å². The summed E-state index contributed by atoms with van der Waals surface area (Å²) in [5.74, 6) is -1.91. The summed E-state index contributed by atoms with van der Waals surface area (Å²) in [6, 6.07) is 14.2. The Labute approximate surface area is 219 Å². The molecule has 8 heteroatoms. The number of halogens is 2. The van der Waals surface area contributed by atoms with Gasteiger partial charge in [-0.2, -0.15) is 0 Å². The summed E-state index contributed by atoms with van der Waals surface area (Å²) >= 11 is 6.31. The molecule has 0 spiro atoms. The van der Waals surface area contributed by atoms with Crippen LogP contribution in [0.5, 0.6) is 11.5 Å². The molecule has 0 radical (unpaired) electrons. The molecule has 1 unspecified atom stereocenters. The number of aliphatic hydroxyl groups excluding tert-OH is 1. The monoisotopic (exact) mass is 523 g/mol. The number of anilines is 1. The predicted octanol–water partition coefficient (Wildman–Crippen LogP) is 6.42. The fourth-order valence-electron chi connectivity index (χ4n) is 4.49. The first-order chi connectivity index (χ1) is 17.5. The molecule has 3 aromatic rings. The molecule has 1 aliphatic rings. The summed E-state index contributed by atoms with van der Waals surface area (Å²) in [4.78, 5) is 27.9. The van der Waals surface area contributed by atoms with Crippen molar-refractivity contribution in [3.8, 4) is 11.5 Å². The van der Waals surface area contributed by atoms with Crippen molar-refractivity contribution in [3.63, 3.8) is 0 Å². The lowest BCUT2D eigenvalue weighted by Gasteiger charge is -2.26. The molecule has 1 aliphatic heterocycles. The molecule has 1 fully saturated rings. The summed E-state index contributed by atoms with van der Waals surface area (Å²) in [5, 5.41) is 11.7. The number of amides is 1. The van der Waals surface area contributed by atoms with E-state index in [9.17, 15) is 14.7 Å². The van der Waals surface area contributed by atoms with Crippen LogP contribution in [-0.2, 0) is 15.0 Å². The van der Waals surface area contributed by atoms with Crippen LogP contribution in [0.3, 0.4) is 0 Å². The molecular formula is C29H27ClFNO5. The molecule has 37 heavy (non-hydrogen) atoms. The number of hydrogen-bond donors (Lipinski definition) is 1. The maximum Gasteiger partial charge on any atom is 0.300 e. The van der Waals surface area contributed by atoms with Gasteiger partial charge in [-0.05, 0) is 47.9 Å². The zero-order chi connectivity index (χ0) is 27.1. The number of ether oxygens (including phenoxy) is 2. The molecule has 1 amide bonds. The minimum absolute atomic E-state index is 0.0553. The predicted molar refractivity (Wildman–Crippen MR) is 141 cm³/mol. The van der Waals surface area contributed by atoms with Gasteiger partial charge in [0.05, 0.1) is 30.9 Å². The largest absolute Gasteiger partial charge is 0.507 e. The van der Waals surface area contributed by atoms with Gasteiger partial charge in [-0.1, -0.05) is 50.6 Å². The van der Waals surface area contributed by atoms with Gasteiger partial charge in [-0.15, -0.1) is 0 Å². The second kappa shape index (κ2) is 9.90. The molecule has 3 aromatic carbocycles. The number of Topliss-reactive ketones (excluding diaryl/α,β-unsaturated/α-hetero) is 1. The van der Waals surface area contributed by atoms with Crippen molar-refractivity contribution in [1.82, 2.24) is 0 Å². The van der Waals surface area contributed by atoms with Crippen LogP contribution in [0.25, 0.3) is 5.76 Å². The molecule has 6 nitrogen and oxygen atoms in total. The van der Waals surface area contributed by atoms with Crippen LogP contribution in [0, 0.1) is 5.82 Å². The SMILES string of the molecule is COc1ccc(N2C(=O)C(=O)/C(=C(/O)c3ccc(OC)c(C(C)(C)C)c3)C2c2ccccc2F)cc1Cl. The van der Waals surface area contributed by atoms with Crippen LogP contribution >= 0.6 is 11.6 Å². The third-order valence-corrected chi connectivity index (χ3v) is 6.63. The highest BCUT2D eigenvalue weighted by Crippen LogP contribution is 2.45. The van der Waals surface area contributed by atoms with Gasteiger partial charge < -0.3 is 14.6 Å². The standard InChI is InChI=1S/C29H27ClFNO5/c1-29(2,3)19-14-16(10-12-22(19)36-4)26(33)24-25(18-8-6-7-9-21(18)31)32(28(35)27(24)34)17-11-13-23(37-5)20(30)15-17/h6-15,25,33H,1-5H3/b26-24+. The van der Waals surface area contributed by atoms with E-state index in [2.05, 4.69) is 0 Å². The van der Waals surface area contributed by atoms with Gasteiger partial charge in [0.15, 0.2) is 0 Å². The average Bonchev–Trinajstić information content (AvgIpc) is 3.13. The number of nitrogens with zero attached hydrogens (tertiary/aromatic N) is 1. The van der Waals surface area contributed by atoms with Gasteiger partial charge in [-0.3, -0.25) is 14.5 Å². The van der Waals surface area contributed by atoms with E-state index in [4.69, 9.17) is 21.1 Å². The van der Waals surface area contributed by atoms with E-state index in [1.54, 1.807) is 43.5 Å². The van der Waals surface area contributed by atoms with Crippen LogP contribution in [0.15, 0.2) is 66.2 Å². The van der Waals surface area contributed by atoms with Crippen LogP contribution in [0.1, 0.15) is 43.5 Å². The quantitative estimate of drug-likeness (QED) is 0.237. The maximum atomic E-state index is 15.1. The number of rotatable bonds is 5. The first-order valence-electron chi connectivity index (χ1n) is 11.6.